The molecule has 2 spiro atoms. The minimum Gasteiger partial charge on any atom is -0.343 e. The third-order valence-corrected chi connectivity index (χ3v) is 19.2. The molecule has 344 valence electrons. The summed E-state index contributed by atoms with van der Waals surface area (Å²) in [7, 11) is -4.10. The van der Waals surface area contributed by atoms with Gasteiger partial charge in [0.1, 0.15) is 23.7 Å². The van der Waals surface area contributed by atoms with Gasteiger partial charge < -0.3 is 20.9 Å². The molecule has 0 unspecified atom stereocenters. The molecular weight excluding hydrogens is 795 g/mol. The van der Waals surface area contributed by atoms with Crippen LogP contribution in [0.15, 0.2) is 0 Å². The van der Waals surface area contributed by atoms with Gasteiger partial charge in [-0.3, -0.25) is 28.9 Å². The number of fused-ring (bicyclic) bond motifs is 1. The Hall–Kier alpha value is -2.78. The Labute approximate surface area is 365 Å². The van der Waals surface area contributed by atoms with Crippen molar-refractivity contribution < 1.29 is 32.4 Å². The van der Waals surface area contributed by atoms with Gasteiger partial charge in [-0.05, 0) is 113 Å². The molecule has 4 aliphatic carbocycles. The fourth-order valence-electron chi connectivity index (χ4n) is 13.1. The Morgan fingerprint density at radius 1 is 0.770 bits per heavy atom. The molecule has 0 aromatic heterocycles. The number of likely N-dealkylation sites (tertiary alicyclic amines) is 2. The summed E-state index contributed by atoms with van der Waals surface area (Å²) in [5.41, 5.74) is -3.38. The van der Waals surface area contributed by atoms with Crippen LogP contribution in [-0.2, 0) is 34.2 Å². The Bertz CT molecular complexity index is 1850. The number of amides is 5. The first kappa shape index (κ1) is 46.2. The first-order chi connectivity index (χ1) is 28.5. The second-order valence-electron chi connectivity index (χ2n) is 22.4. The van der Waals surface area contributed by atoms with Crippen LogP contribution in [0.3, 0.4) is 0 Å². The zero-order valence-corrected chi connectivity index (χ0v) is 39.5. The monoisotopic (exact) mass is 872 g/mol. The third-order valence-electron chi connectivity index (χ3n) is 17.7. The van der Waals surface area contributed by atoms with E-state index >= 15 is 4.79 Å². The number of nitrogens with one attached hydrogen (secondary N) is 4. The summed E-state index contributed by atoms with van der Waals surface area (Å²) in [6.07, 6.45) is 13.2. The minimum atomic E-state index is -4.10. The highest BCUT2D eigenvalue weighted by Crippen LogP contribution is 2.88. The zero-order chi connectivity index (χ0) is 44.6. The maximum absolute atomic E-state index is 15.4. The van der Waals surface area contributed by atoms with E-state index < -0.39 is 56.5 Å². The summed E-state index contributed by atoms with van der Waals surface area (Å²) in [5.74, 6) is -2.14. The lowest BCUT2D eigenvalue weighted by Crippen LogP contribution is -2.63. The number of hydrogen-bond donors (Lipinski definition) is 4. The maximum Gasteiger partial charge on any atom is 0.303 e. The van der Waals surface area contributed by atoms with Gasteiger partial charge in [-0.25, -0.2) is 4.72 Å². The van der Waals surface area contributed by atoms with Crippen LogP contribution < -0.4 is 20.7 Å². The lowest BCUT2D eigenvalue weighted by atomic mass is 9.73. The van der Waals surface area contributed by atoms with E-state index in [4.69, 9.17) is 0 Å². The smallest absolute Gasteiger partial charge is 0.303 e. The van der Waals surface area contributed by atoms with Crippen molar-refractivity contribution in [2.24, 2.45) is 33.0 Å². The molecule has 4 N–H and O–H groups in total. The average molecular weight is 872 g/mol. The van der Waals surface area contributed by atoms with Gasteiger partial charge in [-0.2, -0.15) is 12.7 Å². The van der Waals surface area contributed by atoms with E-state index in [1.54, 1.807) is 4.90 Å². The molecule has 0 bridgehead atoms. The van der Waals surface area contributed by atoms with E-state index in [2.05, 4.69) is 53.3 Å². The molecule has 7 aliphatic rings. The minimum absolute atomic E-state index is 0.0102. The van der Waals surface area contributed by atoms with Crippen molar-refractivity contribution in [1.29, 1.82) is 0 Å². The Morgan fingerprint density at radius 2 is 1.39 bits per heavy atom. The molecule has 7 fully saturated rings. The number of rotatable bonds is 13. The quantitative estimate of drug-likeness (QED) is 0.205. The number of nitrogens with zero attached hydrogens (tertiary/aromatic N) is 3. The Balaban J connectivity index is 1.16. The van der Waals surface area contributed by atoms with Gasteiger partial charge in [0.2, 0.25) is 23.6 Å². The number of piperidine rings is 1. The molecule has 7 atom stereocenters. The molecule has 3 saturated heterocycles. The molecule has 0 aromatic carbocycles. The maximum atomic E-state index is 15.4. The van der Waals surface area contributed by atoms with Gasteiger partial charge >= 0.3 is 10.2 Å². The zero-order valence-electron chi connectivity index (χ0n) is 38.7. The van der Waals surface area contributed by atoms with E-state index in [0.717, 1.165) is 90.0 Å². The molecule has 61 heavy (non-hydrogen) atoms. The summed E-state index contributed by atoms with van der Waals surface area (Å²) in [6.45, 7) is 20.1. The van der Waals surface area contributed by atoms with Crippen LogP contribution in [0.4, 0.5) is 0 Å². The SMILES string of the molecule is CC[C@]1(C)C[C@]1(NC(=O)[C@@H]1C[C@@]2(CN1C(=O)[C@@H](NC(=O)[C@@H](NC(=O)[C@@H]1CCCCN1C(C)C)C1CCCCC1)C(C)(C)C)C(C)(C)C21CCC1)C(=O)NS(=O)(=O)N1CCCC1. The van der Waals surface area contributed by atoms with Crippen LogP contribution in [0, 0.1) is 33.0 Å². The van der Waals surface area contributed by atoms with Gasteiger partial charge in [-0.1, -0.05) is 80.6 Å². The van der Waals surface area contributed by atoms with Crippen LogP contribution in [0.5, 0.6) is 0 Å². The van der Waals surface area contributed by atoms with Gasteiger partial charge in [0.25, 0.3) is 5.91 Å². The Morgan fingerprint density at radius 3 is 1.93 bits per heavy atom. The summed E-state index contributed by atoms with van der Waals surface area (Å²) >= 11 is 0. The first-order valence-electron chi connectivity index (χ1n) is 23.8. The lowest BCUT2D eigenvalue weighted by Gasteiger charge is -2.40. The molecule has 3 heterocycles. The van der Waals surface area contributed by atoms with Crippen LogP contribution in [0.25, 0.3) is 0 Å². The number of carbonyl (C=O) groups excluding carboxylic acids is 5. The first-order valence-corrected chi connectivity index (χ1v) is 25.3. The van der Waals surface area contributed by atoms with Crippen LogP contribution in [0.1, 0.15) is 165 Å². The fourth-order valence-corrected chi connectivity index (χ4v) is 14.4. The normalized spacial score (nSPS) is 33.5. The summed E-state index contributed by atoms with van der Waals surface area (Å²) in [4.78, 5) is 77.3. The molecule has 14 nitrogen and oxygen atoms in total. The van der Waals surface area contributed by atoms with Gasteiger partial charge in [0.15, 0.2) is 0 Å². The molecule has 0 radical (unpaired) electrons. The van der Waals surface area contributed by atoms with Crippen LogP contribution in [-0.4, -0.2) is 114 Å². The predicted octanol–water partition coefficient (Wildman–Crippen LogP) is 4.77. The van der Waals surface area contributed by atoms with Crippen molar-refractivity contribution in [2.75, 3.05) is 26.2 Å². The van der Waals surface area contributed by atoms with Crippen molar-refractivity contribution in [3.63, 3.8) is 0 Å². The van der Waals surface area contributed by atoms with Crippen molar-refractivity contribution in [3.05, 3.63) is 0 Å². The van der Waals surface area contributed by atoms with Gasteiger partial charge in [0.05, 0.1) is 6.04 Å². The van der Waals surface area contributed by atoms with Crippen LogP contribution >= 0.6 is 0 Å². The largest absolute Gasteiger partial charge is 0.343 e. The highest BCUT2D eigenvalue weighted by atomic mass is 32.2. The molecular formula is C46H77N7O7S. The summed E-state index contributed by atoms with van der Waals surface area (Å²) in [6, 6.07) is -2.88. The Kier molecular flexibility index (Phi) is 12.4. The highest BCUT2D eigenvalue weighted by Gasteiger charge is 2.85. The second kappa shape index (κ2) is 16.3. The van der Waals surface area contributed by atoms with E-state index in [1.807, 2.05) is 34.6 Å². The van der Waals surface area contributed by atoms with E-state index in [-0.39, 0.29) is 58.4 Å². The summed E-state index contributed by atoms with van der Waals surface area (Å²) in [5, 5.41) is 9.48. The number of carbonyl (C=O) groups is 5. The van der Waals surface area contributed by atoms with Crippen molar-refractivity contribution >= 4 is 39.7 Å². The fraction of sp³-hybridized carbons (Fsp3) is 0.891. The predicted molar refractivity (Wildman–Crippen MR) is 234 cm³/mol. The molecule has 15 heteroatoms. The topological polar surface area (TPSA) is 177 Å². The van der Waals surface area contributed by atoms with Crippen LogP contribution in [0.2, 0.25) is 0 Å². The molecule has 5 amide bonds. The van der Waals surface area contributed by atoms with E-state index in [1.165, 1.54) is 4.31 Å². The van der Waals surface area contributed by atoms with E-state index in [0.29, 0.717) is 32.5 Å². The lowest BCUT2D eigenvalue weighted by molar-refractivity contribution is -0.145. The van der Waals surface area contributed by atoms with Crippen molar-refractivity contribution in [1.82, 2.24) is 34.8 Å². The molecule has 3 aliphatic heterocycles. The molecule has 0 aromatic rings. The standard InChI is InChI=1S/C46H77N7O7S/c1-10-43(9)28-46(43,40(58)50-61(59,60)51-24-16-17-25-51)49-37(55)33-27-45(42(7,8)44(45)22-18-23-44)29-53(33)39(57)35(41(4,5)6)48-38(56)34(31-19-12-11-13-20-31)47-36(54)32-21-14-15-26-52(32)30(2)3/h30-35H,10-29H2,1-9H3,(H,47,54)(H,48,56)(H,49,55)(H,50,58)/t32-,33-,34-,35+,43+,45+,46-/m0/s1. The van der Waals surface area contributed by atoms with Gasteiger partial charge in [0, 0.05) is 36.5 Å². The molecule has 4 saturated carbocycles. The number of hydrogen-bond acceptors (Lipinski definition) is 8. The van der Waals surface area contributed by atoms with Crippen molar-refractivity contribution in [2.45, 2.75) is 201 Å². The average Bonchev–Trinajstić information content (AvgIpc) is 3.59. The van der Waals surface area contributed by atoms with Gasteiger partial charge in [-0.15, -0.1) is 0 Å². The van der Waals surface area contributed by atoms with E-state index in [9.17, 15) is 27.6 Å². The second-order valence-corrected chi connectivity index (χ2v) is 24.1. The molecule has 7 rings (SSSR count). The third kappa shape index (κ3) is 7.73. The summed E-state index contributed by atoms with van der Waals surface area (Å²) < 4.78 is 30.3. The van der Waals surface area contributed by atoms with Crippen molar-refractivity contribution in [3.8, 4) is 0 Å². The highest BCUT2D eigenvalue weighted by molar-refractivity contribution is 7.87.